The zero-order chi connectivity index (χ0) is 13.7. The summed E-state index contributed by atoms with van der Waals surface area (Å²) in [5, 5.41) is 3.12. The molecular weight excluding hydrogens is 238 g/mol. The first-order valence-corrected chi connectivity index (χ1v) is 6.67. The van der Waals surface area contributed by atoms with E-state index in [-0.39, 0.29) is 0 Å². The van der Waals surface area contributed by atoms with E-state index < -0.39 is 0 Å². The molecule has 2 rings (SSSR count). The fraction of sp³-hybridized carbons (Fsp3) is 0.400. The summed E-state index contributed by atoms with van der Waals surface area (Å²) in [6, 6.07) is 6.20. The highest BCUT2D eigenvalue weighted by molar-refractivity contribution is 5.61. The molecule has 2 N–H and O–H groups in total. The number of rotatable bonds is 6. The van der Waals surface area contributed by atoms with Gasteiger partial charge >= 0.3 is 0 Å². The molecule has 0 atom stereocenters. The molecule has 0 saturated carbocycles. The summed E-state index contributed by atoms with van der Waals surface area (Å²) in [6.07, 6.45) is 2.80. The van der Waals surface area contributed by atoms with Gasteiger partial charge in [-0.05, 0) is 44.7 Å². The number of likely N-dealkylation sites (N-methyl/N-ethyl adjacent to an activating group) is 1. The topological polar surface area (TPSA) is 49.9 Å². The van der Waals surface area contributed by atoms with Crippen LogP contribution in [0.5, 0.6) is 5.75 Å². The summed E-state index contributed by atoms with van der Waals surface area (Å²) in [6.45, 7) is 5.68. The molecule has 0 amide bonds. The van der Waals surface area contributed by atoms with Crippen LogP contribution in [0.1, 0.15) is 18.3 Å². The highest BCUT2D eigenvalue weighted by atomic mass is 16.5. The van der Waals surface area contributed by atoms with E-state index in [1.54, 1.807) is 0 Å². The third kappa shape index (κ3) is 3.35. The number of aromatic nitrogens is 2. The number of hydrogen-bond acceptors (Lipinski definition) is 3. The third-order valence-electron chi connectivity index (χ3n) is 3.03. The molecule has 0 fully saturated rings. The Morgan fingerprint density at radius 2 is 2.21 bits per heavy atom. The monoisotopic (exact) mass is 259 g/mol. The molecule has 4 nitrogen and oxygen atoms in total. The molecule has 19 heavy (non-hydrogen) atoms. The molecule has 0 unspecified atom stereocenters. The largest absolute Gasteiger partial charge is 0.494 e. The van der Waals surface area contributed by atoms with Gasteiger partial charge in [0, 0.05) is 18.5 Å². The summed E-state index contributed by atoms with van der Waals surface area (Å²) in [7, 11) is 1.94. The number of aromatic amines is 1. The molecule has 0 aliphatic rings. The van der Waals surface area contributed by atoms with E-state index in [0.29, 0.717) is 6.61 Å². The maximum absolute atomic E-state index is 5.55. The number of nitrogens with zero attached hydrogens (tertiary/aromatic N) is 1. The van der Waals surface area contributed by atoms with Crippen LogP contribution in [-0.4, -0.2) is 30.2 Å². The average Bonchev–Trinajstić information content (AvgIpc) is 2.88. The van der Waals surface area contributed by atoms with E-state index in [9.17, 15) is 0 Å². The quantitative estimate of drug-likeness (QED) is 0.838. The molecule has 4 heteroatoms. The van der Waals surface area contributed by atoms with Crippen molar-refractivity contribution in [2.45, 2.75) is 20.3 Å². The van der Waals surface area contributed by atoms with Crippen LogP contribution in [0.15, 0.2) is 24.4 Å². The second-order valence-corrected chi connectivity index (χ2v) is 4.51. The van der Waals surface area contributed by atoms with Gasteiger partial charge in [-0.15, -0.1) is 0 Å². The molecule has 1 aromatic heterocycles. The van der Waals surface area contributed by atoms with Crippen LogP contribution in [0.3, 0.4) is 0 Å². The lowest BCUT2D eigenvalue weighted by Gasteiger charge is -2.08. The van der Waals surface area contributed by atoms with Gasteiger partial charge in [-0.3, -0.25) is 0 Å². The minimum atomic E-state index is 0.693. The van der Waals surface area contributed by atoms with Crippen molar-refractivity contribution in [3.8, 4) is 17.0 Å². The van der Waals surface area contributed by atoms with Crippen molar-refractivity contribution in [2.24, 2.45) is 0 Å². The first-order valence-electron chi connectivity index (χ1n) is 6.67. The molecule has 2 aromatic rings. The fourth-order valence-corrected chi connectivity index (χ4v) is 2.01. The molecular formula is C15H21N3O. The number of imidazole rings is 1. The van der Waals surface area contributed by atoms with Crippen molar-refractivity contribution in [1.82, 2.24) is 15.3 Å². The highest BCUT2D eigenvalue weighted by Crippen LogP contribution is 2.25. The van der Waals surface area contributed by atoms with Gasteiger partial charge in [0.15, 0.2) is 0 Å². The molecule has 102 valence electrons. The molecule has 0 radical (unpaired) electrons. The summed E-state index contributed by atoms with van der Waals surface area (Å²) >= 11 is 0. The maximum Gasteiger partial charge on any atom is 0.122 e. The van der Waals surface area contributed by atoms with Crippen LogP contribution >= 0.6 is 0 Å². The summed E-state index contributed by atoms with van der Waals surface area (Å²) in [4.78, 5) is 7.74. The van der Waals surface area contributed by atoms with Gasteiger partial charge in [0.2, 0.25) is 0 Å². The minimum absolute atomic E-state index is 0.693. The number of nitrogens with one attached hydrogen (secondary N) is 2. The molecule has 0 spiro atoms. The van der Waals surface area contributed by atoms with Crippen LogP contribution in [0.4, 0.5) is 0 Å². The third-order valence-corrected chi connectivity index (χ3v) is 3.03. The SMILES string of the molecule is CCOc1ccc(-c2cnc(CCNC)[nH]2)cc1C. The lowest BCUT2D eigenvalue weighted by Crippen LogP contribution is -2.10. The zero-order valence-electron chi connectivity index (χ0n) is 11.8. The fourth-order valence-electron chi connectivity index (χ4n) is 2.01. The van der Waals surface area contributed by atoms with Gasteiger partial charge in [-0.25, -0.2) is 4.98 Å². The Hall–Kier alpha value is -1.81. The van der Waals surface area contributed by atoms with Gasteiger partial charge in [0.1, 0.15) is 11.6 Å². The van der Waals surface area contributed by atoms with Crippen molar-refractivity contribution < 1.29 is 4.74 Å². The summed E-state index contributed by atoms with van der Waals surface area (Å²) in [5.41, 5.74) is 3.34. The first kappa shape index (κ1) is 13.6. The summed E-state index contributed by atoms with van der Waals surface area (Å²) in [5.74, 6) is 1.96. The van der Waals surface area contributed by atoms with E-state index in [1.165, 1.54) is 0 Å². The Labute approximate surface area is 114 Å². The number of aryl methyl sites for hydroxylation is 1. The van der Waals surface area contributed by atoms with Gasteiger partial charge < -0.3 is 15.0 Å². The van der Waals surface area contributed by atoms with Crippen molar-refractivity contribution in [2.75, 3.05) is 20.2 Å². The van der Waals surface area contributed by atoms with E-state index in [1.807, 2.05) is 26.2 Å². The van der Waals surface area contributed by atoms with Crippen LogP contribution in [-0.2, 0) is 6.42 Å². The number of ether oxygens (including phenoxy) is 1. The molecule has 0 saturated heterocycles. The van der Waals surface area contributed by atoms with Crippen molar-refractivity contribution >= 4 is 0 Å². The highest BCUT2D eigenvalue weighted by Gasteiger charge is 2.06. The molecule has 0 aliphatic carbocycles. The van der Waals surface area contributed by atoms with Gasteiger partial charge in [0.05, 0.1) is 18.5 Å². The maximum atomic E-state index is 5.55. The Morgan fingerprint density at radius 3 is 2.89 bits per heavy atom. The van der Waals surface area contributed by atoms with E-state index in [0.717, 1.165) is 41.4 Å². The molecule has 0 aliphatic heterocycles. The van der Waals surface area contributed by atoms with E-state index in [2.05, 4.69) is 34.3 Å². The van der Waals surface area contributed by atoms with Crippen molar-refractivity contribution in [3.05, 3.63) is 35.8 Å². The first-order chi connectivity index (χ1) is 9.24. The zero-order valence-corrected chi connectivity index (χ0v) is 11.8. The van der Waals surface area contributed by atoms with E-state index >= 15 is 0 Å². The molecule has 1 aromatic carbocycles. The van der Waals surface area contributed by atoms with Gasteiger partial charge in [0.25, 0.3) is 0 Å². The minimum Gasteiger partial charge on any atom is -0.494 e. The Morgan fingerprint density at radius 1 is 1.37 bits per heavy atom. The predicted molar refractivity (Wildman–Crippen MR) is 77.6 cm³/mol. The lowest BCUT2D eigenvalue weighted by atomic mass is 10.1. The van der Waals surface area contributed by atoms with Crippen LogP contribution < -0.4 is 10.1 Å². The lowest BCUT2D eigenvalue weighted by molar-refractivity contribution is 0.338. The standard InChI is InChI=1S/C15H21N3O/c1-4-19-14-6-5-12(9-11(14)2)13-10-17-15(18-13)7-8-16-3/h5-6,9-10,16H,4,7-8H2,1-3H3,(H,17,18). The second-order valence-electron chi connectivity index (χ2n) is 4.51. The predicted octanol–water partition coefficient (Wildman–Crippen LogP) is 2.55. The van der Waals surface area contributed by atoms with Crippen LogP contribution in [0, 0.1) is 6.92 Å². The van der Waals surface area contributed by atoms with Crippen molar-refractivity contribution in [1.29, 1.82) is 0 Å². The summed E-state index contributed by atoms with van der Waals surface area (Å²) < 4.78 is 5.55. The number of H-pyrrole nitrogens is 1. The normalized spacial score (nSPS) is 10.7. The molecule has 1 heterocycles. The Balaban J connectivity index is 2.17. The second kappa shape index (κ2) is 6.38. The number of benzene rings is 1. The average molecular weight is 259 g/mol. The Kier molecular flexibility index (Phi) is 4.58. The smallest absolute Gasteiger partial charge is 0.122 e. The van der Waals surface area contributed by atoms with Crippen LogP contribution in [0.2, 0.25) is 0 Å². The number of hydrogen-bond donors (Lipinski definition) is 2. The van der Waals surface area contributed by atoms with Crippen LogP contribution in [0.25, 0.3) is 11.3 Å². The van der Waals surface area contributed by atoms with E-state index in [4.69, 9.17) is 4.74 Å². The molecule has 0 bridgehead atoms. The van der Waals surface area contributed by atoms with Crippen molar-refractivity contribution in [3.63, 3.8) is 0 Å². The van der Waals surface area contributed by atoms with Gasteiger partial charge in [-0.2, -0.15) is 0 Å². The Bertz CT molecular complexity index is 534. The van der Waals surface area contributed by atoms with Gasteiger partial charge in [-0.1, -0.05) is 0 Å².